The molecule has 0 unspecified atom stereocenters. The number of hydrogen-bond acceptors (Lipinski definition) is 2. The van der Waals surface area contributed by atoms with Crippen LogP contribution in [0, 0.1) is 19.6 Å². The van der Waals surface area contributed by atoms with Crippen molar-refractivity contribution in [3.05, 3.63) is 79.8 Å². The van der Waals surface area contributed by atoms with Crippen LogP contribution < -0.4 is 0 Å². The Morgan fingerprint density at radius 3 is 1.36 bits per heavy atom. The molecule has 0 aliphatic carbocycles. The summed E-state index contributed by atoms with van der Waals surface area (Å²) in [5.74, 6) is 0. The van der Waals surface area contributed by atoms with Gasteiger partial charge in [0.15, 0.2) is 0 Å². The van der Waals surface area contributed by atoms with Gasteiger partial charge in [0.25, 0.3) is 0 Å². The van der Waals surface area contributed by atoms with E-state index in [-0.39, 0.29) is 55.1 Å². The van der Waals surface area contributed by atoms with Crippen molar-refractivity contribution >= 4 is 12.2 Å². The molecular formula is C18H23Ir2N2-3. The van der Waals surface area contributed by atoms with Crippen LogP contribution in [0.4, 0.5) is 0 Å². The molecule has 0 bridgehead atoms. The van der Waals surface area contributed by atoms with Crippen LogP contribution in [0.5, 0.6) is 0 Å². The molecule has 0 fully saturated rings. The number of rotatable bonds is 2. The van der Waals surface area contributed by atoms with E-state index in [1.165, 1.54) is 0 Å². The minimum atomic E-state index is 0. The Labute approximate surface area is 162 Å². The predicted molar refractivity (Wildman–Crippen MR) is 88.4 cm³/mol. The molecule has 0 amide bonds. The van der Waals surface area contributed by atoms with Crippen molar-refractivity contribution in [1.29, 1.82) is 0 Å². The van der Waals surface area contributed by atoms with Gasteiger partial charge in [-0.1, -0.05) is 30.9 Å². The van der Waals surface area contributed by atoms with E-state index in [0.29, 0.717) is 0 Å². The van der Waals surface area contributed by atoms with Crippen molar-refractivity contribution < 1.29 is 40.2 Å². The molecule has 0 N–H and O–H groups in total. The second kappa shape index (κ2) is 20.1. The maximum absolute atomic E-state index is 4.05. The maximum Gasteiger partial charge on any atom is 0.00534 e. The van der Waals surface area contributed by atoms with Gasteiger partial charge in [-0.15, -0.1) is 26.0 Å². The van der Waals surface area contributed by atoms with Gasteiger partial charge in [-0.2, -0.15) is 0 Å². The van der Waals surface area contributed by atoms with E-state index in [9.17, 15) is 0 Å². The fourth-order valence-corrected chi connectivity index (χ4v) is 1.22. The Morgan fingerprint density at radius 1 is 0.773 bits per heavy atom. The van der Waals surface area contributed by atoms with Gasteiger partial charge >= 0.3 is 0 Å². The normalized spacial score (nSPS) is 8.45. The Bertz CT molecular complexity index is 435. The molecule has 0 saturated carbocycles. The first-order valence-corrected chi connectivity index (χ1v) is 5.70. The third-order valence-electron chi connectivity index (χ3n) is 1.96. The second-order valence-corrected chi connectivity index (χ2v) is 3.38. The summed E-state index contributed by atoms with van der Waals surface area (Å²) in [6.07, 6.45) is 13.0. The molecule has 0 saturated heterocycles. The van der Waals surface area contributed by atoms with Gasteiger partial charge < -0.3 is 17.4 Å². The summed E-state index contributed by atoms with van der Waals surface area (Å²) in [7, 11) is 0. The van der Waals surface area contributed by atoms with Crippen molar-refractivity contribution in [3.8, 4) is 0 Å². The number of hydrogen-bond donors (Lipinski definition) is 0. The minimum Gasteiger partial charge on any atom is -0.358 e. The average molecular weight is 652 g/mol. The molecule has 2 heterocycles. The number of aromatic nitrogens is 2. The zero-order valence-corrected chi connectivity index (χ0v) is 17.1. The summed E-state index contributed by atoms with van der Waals surface area (Å²) >= 11 is 0. The first-order valence-electron chi connectivity index (χ1n) is 5.70. The van der Waals surface area contributed by atoms with Crippen LogP contribution in [0.2, 0.25) is 0 Å². The first-order chi connectivity index (χ1) is 8.86. The van der Waals surface area contributed by atoms with Crippen LogP contribution in [-0.2, 0) is 40.2 Å². The standard InChI is InChI=1S/2C8H8N.CH4.CH3.2Ir/c2*1-2-5-8-6-3-4-7-9-8;;;;/h2*3-7H,1H3;1H4;1H3;;/q2*-1;;-1;;. The van der Waals surface area contributed by atoms with E-state index in [2.05, 4.69) is 22.1 Å². The Kier molecular flexibility index (Phi) is 26.6. The van der Waals surface area contributed by atoms with Gasteiger partial charge in [-0.05, 0) is 12.1 Å². The Hall–Kier alpha value is -0.921. The molecule has 0 spiro atoms. The minimum absolute atomic E-state index is 0. The third kappa shape index (κ3) is 14.0. The fourth-order valence-electron chi connectivity index (χ4n) is 1.22. The summed E-state index contributed by atoms with van der Waals surface area (Å²) in [4.78, 5) is 8.10. The van der Waals surface area contributed by atoms with Gasteiger partial charge in [0.1, 0.15) is 0 Å². The van der Waals surface area contributed by atoms with Crippen LogP contribution in [0.15, 0.2) is 48.8 Å². The summed E-state index contributed by atoms with van der Waals surface area (Å²) in [5.41, 5.74) is 1.92. The molecule has 0 atom stereocenters. The summed E-state index contributed by atoms with van der Waals surface area (Å²) < 4.78 is 0. The van der Waals surface area contributed by atoms with Crippen LogP contribution in [0.1, 0.15) is 32.7 Å². The molecule has 2 radical (unpaired) electrons. The zero-order chi connectivity index (χ0) is 13.1. The average Bonchev–Trinajstić information content (AvgIpc) is 2.43. The van der Waals surface area contributed by atoms with Gasteiger partial charge in [-0.3, -0.25) is 12.2 Å². The number of nitrogens with zero attached hydrogens (tertiary/aromatic N) is 2. The van der Waals surface area contributed by atoms with E-state index in [0.717, 1.165) is 11.4 Å². The van der Waals surface area contributed by atoms with Gasteiger partial charge in [-0.25, -0.2) is 12.2 Å². The Morgan fingerprint density at radius 2 is 1.14 bits per heavy atom. The van der Waals surface area contributed by atoms with Crippen molar-refractivity contribution in [3.63, 3.8) is 0 Å². The van der Waals surface area contributed by atoms with Crippen LogP contribution in [-0.4, -0.2) is 9.97 Å². The SMILES string of the molecule is C.C[C-]=Cc1ccccn1.C[C-]=Cc1ccccn1.[CH3-].[Ir].[Ir]. The molecule has 126 valence electrons. The number of pyridine rings is 2. The largest absolute Gasteiger partial charge is 0.358 e. The van der Waals surface area contributed by atoms with Gasteiger partial charge in [0.2, 0.25) is 0 Å². The summed E-state index contributed by atoms with van der Waals surface area (Å²) in [6.45, 7) is 3.71. The second-order valence-electron chi connectivity index (χ2n) is 3.38. The monoisotopic (exact) mass is 653 g/mol. The molecule has 0 aromatic carbocycles. The fraction of sp³-hybridized carbons (Fsp3) is 0.167. The van der Waals surface area contributed by atoms with Crippen molar-refractivity contribution in [2.45, 2.75) is 21.3 Å². The number of allylic oxidation sites excluding steroid dienone is 2. The topological polar surface area (TPSA) is 25.8 Å². The van der Waals surface area contributed by atoms with Crippen molar-refractivity contribution in [2.75, 3.05) is 0 Å². The van der Waals surface area contributed by atoms with Crippen LogP contribution in [0.25, 0.3) is 12.2 Å². The molecule has 22 heavy (non-hydrogen) atoms. The van der Waals surface area contributed by atoms with Gasteiger partial charge in [0, 0.05) is 52.6 Å². The summed E-state index contributed by atoms with van der Waals surface area (Å²) in [6, 6.07) is 11.6. The predicted octanol–water partition coefficient (Wildman–Crippen LogP) is 4.92. The molecule has 2 aromatic rings. The maximum atomic E-state index is 4.05. The first kappa shape index (κ1) is 29.1. The van der Waals surface area contributed by atoms with E-state index in [4.69, 9.17) is 0 Å². The quantitative estimate of drug-likeness (QED) is 0.432. The molecule has 4 heteroatoms. The van der Waals surface area contributed by atoms with E-state index in [1.807, 2.05) is 62.4 Å². The van der Waals surface area contributed by atoms with Gasteiger partial charge in [0.05, 0.1) is 0 Å². The van der Waals surface area contributed by atoms with Crippen LogP contribution in [0.3, 0.4) is 0 Å². The van der Waals surface area contributed by atoms with E-state index < -0.39 is 0 Å². The Balaban J connectivity index is -0.000000125. The molecule has 0 aliphatic heterocycles. The summed E-state index contributed by atoms with van der Waals surface area (Å²) in [5, 5.41) is 0. The zero-order valence-electron chi connectivity index (χ0n) is 12.3. The van der Waals surface area contributed by atoms with Crippen molar-refractivity contribution in [2.24, 2.45) is 0 Å². The molecule has 2 nitrogen and oxygen atoms in total. The van der Waals surface area contributed by atoms with Crippen molar-refractivity contribution in [1.82, 2.24) is 9.97 Å². The van der Waals surface area contributed by atoms with E-state index >= 15 is 0 Å². The third-order valence-corrected chi connectivity index (χ3v) is 1.96. The molecule has 2 aromatic heterocycles. The van der Waals surface area contributed by atoms with E-state index in [1.54, 1.807) is 12.4 Å². The van der Waals surface area contributed by atoms with Crippen LogP contribution >= 0.6 is 0 Å². The molecular weight excluding hydrogens is 629 g/mol. The smallest absolute Gasteiger partial charge is 0.00534 e. The molecule has 2 rings (SSSR count). The molecule has 0 aliphatic rings.